The molecule has 1 saturated heterocycles. The molecule has 1 aromatic rings. The molecule has 1 N–H and O–H groups in total. The Morgan fingerprint density at radius 2 is 2.22 bits per heavy atom. The zero-order valence-electron chi connectivity index (χ0n) is 9.93. The van der Waals surface area contributed by atoms with Gasteiger partial charge in [-0.25, -0.2) is 0 Å². The van der Waals surface area contributed by atoms with Crippen LogP contribution in [0.5, 0.6) is 0 Å². The lowest BCUT2D eigenvalue weighted by Crippen LogP contribution is -2.28. The zero-order chi connectivity index (χ0) is 13.0. The lowest BCUT2D eigenvalue weighted by atomic mass is 10.1. The van der Waals surface area contributed by atoms with Crippen LogP contribution in [0.3, 0.4) is 0 Å². The molecule has 0 saturated carbocycles. The summed E-state index contributed by atoms with van der Waals surface area (Å²) in [5.74, 6) is 0. The molecule has 0 radical (unpaired) electrons. The summed E-state index contributed by atoms with van der Waals surface area (Å²) in [5, 5.41) is 23.1. The predicted molar refractivity (Wildman–Crippen MR) is 67.5 cm³/mol. The van der Waals surface area contributed by atoms with Crippen molar-refractivity contribution >= 4 is 11.4 Å². The lowest BCUT2D eigenvalue weighted by Gasteiger charge is -2.21. The second kappa shape index (κ2) is 5.47. The summed E-state index contributed by atoms with van der Waals surface area (Å²) in [6.45, 7) is 3.28. The normalized spacial score (nSPS) is 15.8. The van der Waals surface area contributed by atoms with Gasteiger partial charge in [0.25, 0.3) is 5.69 Å². The fourth-order valence-electron chi connectivity index (χ4n) is 2.09. The molecule has 1 aliphatic heterocycles. The first-order valence-corrected chi connectivity index (χ1v) is 5.86. The number of nitro benzene ring substituents is 1. The molecule has 94 valence electrons. The summed E-state index contributed by atoms with van der Waals surface area (Å²) in [7, 11) is 0. The standard InChI is InChI=1S/C12H14N4O2/c13-9-10-2-3-11(12(8-10)16(17)18)15-6-1-4-14-5-7-15/h2-3,8,14H,1,4-7H2. The van der Waals surface area contributed by atoms with Crippen molar-refractivity contribution < 1.29 is 4.92 Å². The third-order valence-electron chi connectivity index (χ3n) is 2.98. The molecule has 1 aromatic carbocycles. The molecule has 0 aliphatic carbocycles. The number of nitrogens with zero attached hydrogens (tertiary/aromatic N) is 3. The maximum Gasteiger partial charge on any atom is 0.293 e. The van der Waals surface area contributed by atoms with Gasteiger partial charge in [-0.3, -0.25) is 10.1 Å². The molecule has 1 fully saturated rings. The molecule has 1 aliphatic rings. The van der Waals surface area contributed by atoms with Gasteiger partial charge in [0.15, 0.2) is 0 Å². The second-order valence-electron chi connectivity index (χ2n) is 4.16. The summed E-state index contributed by atoms with van der Waals surface area (Å²) in [5.41, 5.74) is 0.928. The van der Waals surface area contributed by atoms with Gasteiger partial charge in [0, 0.05) is 25.7 Å². The molecule has 0 unspecified atom stereocenters. The SMILES string of the molecule is N#Cc1ccc(N2CCCNCC2)c([N+](=O)[O-])c1. The minimum atomic E-state index is -0.422. The van der Waals surface area contributed by atoms with Gasteiger partial charge in [0.2, 0.25) is 0 Å². The van der Waals surface area contributed by atoms with Gasteiger partial charge in [-0.15, -0.1) is 0 Å². The maximum absolute atomic E-state index is 11.1. The summed E-state index contributed by atoms with van der Waals surface area (Å²) < 4.78 is 0. The van der Waals surface area contributed by atoms with Gasteiger partial charge < -0.3 is 10.2 Å². The van der Waals surface area contributed by atoms with Crippen molar-refractivity contribution in [3.8, 4) is 6.07 Å². The van der Waals surface area contributed by atoms with Crippen molar-refractivity contribution in [3.05, 3.63) is 33.9 Å². The van der Waals surface area contributed by atoms with E-state index in [2.05, 4.69) is 5.32 Å². The van der Waals surface area contributed by atoms with Crippen molar-refractivity contribution in [2.75, 3.05) is 31.1 Å². The number of benzene rings is 1. The fourth-order valence-corrected chi connectivity index (χ4v) is 2.09. The Balaban J connectivity index is 2.36. The van der Waals surface area contributed by atoms with E-state index < -0.39 is 4.92 Å². The van der Waals surface area contributed by atoms with E-state index in [1.165, 1.54) is 6.07 Å². The molecular weight excluding hydrogens is 232 g/mol. The Bertz CT molecular complexity index is 487. The Morgan fingerprint density at radius 1 is 1.39 bits per heavy atom. The van der Waals surface area contributed by atoms with E-state index >= 15 is 0 Å². The molecule has 0 aromatic heterocycles. The van der Waals surface area contributed by atoms with Crippen LogP contribution in [0.15, 0.2) is 18.2 Å². The number of nitriles is 1. The van der Waals surface area contributed by atoms with E-state index in [0.29, 0.717) is 11.3 Å². The molecule has 0 bridgehead atoms. The quantitative estimate of drug-likeness (QED) is 0.627. The highest BCUT2D eigenvalue weighted by atomic mass is 16.6. The van der Waals surface area contributed by atoms with Gasteiger partial charge in [0.1, 0.15) is 5.69 Å². The third kappa shape index (κ3) is 2.57. The van der Waals surface area contributed by atoms with Crippen molar-refractivity contribution in [1.82, 2.24) is 5.32 Å². The monoisotopic (exact) mass is 246 g/mol. The van der Waals surface area contributed by atoms with Crippen LogP contribution < -0.4 is 10.2 Å². The smallest absolute Gasteiger partial charge is 0.293 e. The number of nitro groups is 1. The van der Waals surface area contributed by atoms with E-state index in [9.17, 15) is 10.1 Å². The first kappa shape index (κ1) is 12.3. The molecule has 6 heteroatoms. The highest BCUT2D eigenvalue weighted by Gasteiger charge is 2.20. The van der Waals surface area contributed by atoms with Crippen molar-refractivity contribution in [2.24, 2.45) is 0 Å². The van der Waals surface area contributed by atoms with Crippen LogP contribution in [-0.2, 0) is 0 Å². The number of nitrogens with one attached hydrogen (secondary N) is 1. The van der Waals surface area contributed by atoms with Crippen LogP contribution in [0.25, 0.3) is 0 Å². The molecule has 6 nitrogen and oxygen atoms in total. The summed E-state index contributed by atoms with van der Waals surface area (Å²) in [6, 6.07) is 6.56. The number of rotatable bonds is 2. The number of anilines is 1. The lowest BCUT2D eigenvalue weighted by molar-refractivity contribution is -0.384. The molecule has 1 heterocycles. The van der Waals surface area contributed by atoms with Gasteiger partial charge in [-0.05, 0) is 25.1 Å². The zero-order valence-corrected chi connectivity index (χ0v) is 9.93. The van der Waals surface area contributed by atoms with Crippen molar-refractivity contribution in [1.29, 1.82) is 5.26 Å². The molecule has 2 rings (SSSR count). The average Bonchev–Trinajstić information content (AvgIpc) is 2.66. The van der Waals surface area contributed by atoms with Crippen LogP contribution in [0.1, 0.15) is 12.0 Å². The van der Waals surface area contributed by atoms with Crippen molar-refractivity contribution in [3.63, 3.8) is 0 Å². The third-order valence-corrected chi connectivity index (χ3v) is 2.98. The van der Waals surface area contributed by atoms with E-state index in [-0.39, 0.29) is 5.69 Å². The Hall–Kier alpha value is -2.13. The molecular formula is C12H14N4O2. The Labute approximate surface area is 105 Å². The van der Waals surface area contributed by atoms with Gasteiger partial charge in [-0.1, -0.05) is 0 Å². The van der Waals surface area contributed by atoms with Crippen LogP contribution in [0, 0.1) is 21.4 Å². The fraction of sp³-hybridized carbons (Fsp3) is 0.417. The van der Waals surface area contributed by atoms with Crippen LogP contribution in [-0.4, -0.2) is 31.1 Å². The second-order valence-corrected chi connectivity index (χ2v) is 4.16. The minimum absolute atomic E-state index is 0.0101. The summed E-state index contributed by atoms with van der Waals surface area (Å²) >= 11 is 0. The van der Waals surface area contributed by atoms with Crippen LogP contribution in [0.2, 0.25) is 0 Å². The summed E-state index contributed by atoms with van der Waals surface area (Å²) in [4.78, 5) is 12.6. The molecule has 0 spiro atoms. The highest BCUT2D eigenvalue weighted by molar-refractivity contribution is 5.65. The van der Waals surface area contributed by atoms with E-state index in [4.69, 9.17) is 5.26 Å². The van der Waals surface area contributed by atoms with Crippen LogP contribution >= 0.6 is 0 Å². The van der Waals surface area contributed by atoms with E-state index in [1.807, 2.05) is 11.0 Å². The molecule has 0 amide bonds. The van der Waals surface area contributed by atoms with E-state index in [0.717, 1.165) is 32.6 Å². The van der Waals surface area contributed by atoms with E-state index in [1.54, 1.807) is 12.1 Å². The Morgan fingerprint density at radius 3 is 2.94 bits per heavy atom. The highest BCUT2D eigenvalue weighted by Crippen LogP contribution is 2.29. The summed E-state index contributed by atoms with van der Waals surface area (Å²) in [6.07, 6.45) is 0.956. The first-order valence-electron chi connectivity index (χ1n) is 5.86. The van der Waals surface area contributed by atoms with Gasteiger partial charge in [0.05, 0.1) is 16.6 Å². The molecule has 18 heavy (non-hydrogen) atoms. The minimum Gasteiger partial charge on any atom is -0.365 e. The molecule has 0 atom stereocenters. The first-order chi connectivity index (χ1) is 8.72. The maximum atomic E-state index is 11.1. The topological polar surface area (TPSA) is 82.2 Å². The van der Waals surface area contributed by atoms with Crippen LogP contribution in [0.4, 0.5) is 11.4 Å². The van der Waals surface area contributed by atoms with Gasteiger partial charge in [-0.2, -0.15) is 5.26 Å². The number of hydrogen-bond donors (Lipinski definition) is 1. The average molecular weight is 246 g/mol. The van der Waals surface area contributed by atoms with Crippen molar-refractivity contribution in [2.45, 2.75) is 6.42 Å². The predicted octanol–water partition coefficient (Wildman–Crippen LogP) is 1.27. The Kier molecular flexibility index (Phi) is 3.75. The number of hydrogen-bond acceptors (Lipinski definition) is 5. The van der Waals surface area contributed by atoms with Gasteiger partial charge >= 0.3 is 0 Å². The largest absolute Gasteiger partial charge is 0.365 e.